The molecule has 0 saturated heterocycles. The van der Waals surface area contributed by atoms with Crippen molar-refractivity contribution in [3.63, 3.8) is 0 Å². The molecule has 0 aliphatic heterocycles. The van der Waals surface area contributed by atoms with Crippen LogP contribution in [-0.2, 0) is 0 Å². The normalized spacial score (nSPS) is 22.7. The Hall–Kier alpha value is -1.38. The second-order valence-electron chi connectivity index (χ2n) is 3.80. The van der Waals surface area contributed by atoms with E-state index in [2.05, 4.69) is 17.5 Å². The smallest absolute Gasteiger partial charge is 0.0303 e. The van der Waals surface area contributed by atoms with Crippen LogP contribution in [0.1, 0.15) is 20.3 Å². The molecule has 1 atom stereocenters. The van der Waals surface area contributed by atoms with Gasteiger partial charge < -0.3 is 16.8 Å². The maximum Gasteiger partial charge on any atom is 0.0303 e. The number of nitrogens with two attached hydrogens (primary N) is 2. The topological polar surface area (TPSA) is 64.1 Å². The fourth-order valence-corrected chi connectivity index (χ4v) is 1.41. The Bertz CT molecular complexity index is 283. The molecule has 1 rings (SSSR count). The van der Waals surface area contributed by atoms with Gasteiger partial charge in [-0.3, -0.25) is 0 Å². The van der Waals surface area contributed by atoms with Crippen molar-refractivity contribution in [3.05, 3.63) is 35.3 Å². The summed E-state index contributed by atoms with van der Waals surface area (Å²) in [6, 6.07) is 0. The highest BCUT2D eigenvalue weighted by Crippen LogP contribution is 2.18. The molecule has 0 spiro atoms. The third-order valence-corrected chi connectivity index (χ3v) is 2.31. The zero-order valence-corrected chi connectivity index (χ0v) is 8.88. The van der Waals surface area contributed by atoms with E-state index in [9.17, 15) is 0 Å². The lowest BCUT2D eigenvalue weighted by atomic mass is 9.95. The summed E-state index contributed by atoms with van der Waals surface area (Å²) in [5.41, 5.74) is 14.2. The van der Waals surface area contributed by atoms with Crippen LogP contribution < -0.4 is 16.8 Å². The lowest BCUT2D eigenvalue weighted by molar-refractivity contribution is 0.607. The predicted molar refractivity (Wildman–Crippen MR) is 60.1 cm³/mol. The van der Waals surface area contributed by atoms with Gasteiger partial charge in [0.05, 0.1) is 0 Å². The fourth-order valence-electron chi connectivity index (χ4n) is 1.41. The molecule has 78 valence electrons. The van der Waals surface area contributed by atoms with Gasteiger partial charge in [0.1, 0.15) is 0 Å². The summed E-state index contributed by atoms with van der Waals surface area (Å²) >= 11 is 0. The maximum absolute atomic E-state index is 5.83. The second-order valence-corrected chi connectivity index (χ2v) is 3.80. The van der Waals surface area contributed by atoms with Crippen molar-refractivity contribution in [1.29, 1.82) is 0 Å². The van der Waals surface area contributed by atoms with E-state index >= 15 is 0 Å². The molecule has 1 unspecified atom stereocenters. The van der Waals surface area contributed by atoms with Crippen molar-refractivity contribution in [3.8, 4) is 0 Å². The molecule has 0 aromatic carbocycles. The number of hydrogen-bond donors (Lipinski definition) is 3. The number of hydrogen-bond acceptors (Lipinski definition) is 3. The Balaban J connectivity index is 2.39. The SMILES string of the molecule is CC1=CCC(CN/C=C(/C)N)C=C1N. The maximum atomic E-state index is 5.83. The van der Waals surface area contributed by atoms with Gasteiger partial charge in [0.25, 0.3) is 0 Å². The van der Waals surface area contributed by atoms with Crippen LogP contribution in [-0.4, -0.2) is 6.54 Å². The molecule has 0 bridgehead atoms. The summed E-state index contributed by atoms with van der Waals surface area (Å²) in [5.74, 6) is 0.481. The quantitative estimate of drug-likeness (QED) is 0.631. The molecule has 0 radical (unpaired) electrons. The van der Waals surface area contributed by atoms with Crippen LogP contribution in [0.2, 0.25) is 0 Å². The second kappa shape index (κ2) is 4.74. The molecule has 0 aromatic rings. The zero-order valence-electron chi connectivity index (χ0n) is 8.88. The van der Waals surface area contributed by atoms with Gasteiger partial charge >= 0.3 is 0 Å². The van der Waals surface area contributed by atoms with E-state index in [0.29, 0.717) is 5.92 Å². The highest BCUT2D eigenvalue weighted by atomic mass is 14.8. The number of rotatable bonds is 3. The van der Waals surface area contributed by atoms with Crippen LogP contribution in [0.5, 0.6) is 0 Å². The minimum absolute atomic E-state index is 0.481. The number of nitrogens with one attached hydrogen (secondary N) is 1. The minimum atomic E-state index is 0.481. The highest BCUT2D eigenvalue weighted by Gasteiger charge is 2.09. The first-order valence-electron chi connectivity index (χ1n) is 4.89. The van der Waals surface area contributed by atoms with E-state index in [1.807, 2.05) is 20.0 Å². The van der Waals surface area contributed by atoms with Crippen LogP contribution >= 0.6 is 0 Å². The van der Waals surface area contributed by atoms with E-state index in [-0.39, 0.29) is 0 Å². The molecule has 3 heteroatoms. The third-order valence-electron chi connectivity index (χ3n) is 2.31. The Morgan fingerprint density at radius 1 is 1.71 bits per heavy atom. The fraction of sp³-hybridized carbons (Fsp3) is 0.455. The molecule has 3 nitrogen and oxygen atoms in total. The Morgan fingerprint density at radius 3 is 3.00 bits per heavy atom. The standard InChI is InChI=1S/C11H19N3/c1-8-3-4-10(5-11(8)13)7-14-6-9(2)12/h3,5-6,10,14H,4,7,12-13H2,1-2H3/b9-6-. The van der Waals surface area contributed by atoms with E-state index in [1.165, 1.54) is 5.57 Å². The van der Waals surface area contributed by atoms with E-state index in [0.717, 1.165) is 24.4 Å². The average molecular weight is 193 g/mol. The average Bonchev–Trinajstić information content (AvgIpc) is 2.10. The van der Waals surface area contributed by atoms with Gasteiger partial charge in [-0.25, -0.2) is 0 Å². The Morgan fingerprint density at radius 2 is 2.43 bits per heavy atom. The zero-order chi connectivity index (χ0) is 10.6. The Labute approximate surface area is 85.5 Å². The highest BCUT2D eigenvalue weighted by molar-refractivity contribution is 5.30. The molecule has 5 N–H and O–H groups in total. The summed E-state index contributed by atoms with van der Waals surface area (Å²) < 4.78 is 0. The van der Waals surface area contributed by atoms with Gasteiger partial charge in [-0.2, -0.15) is 0 Å². The molecule has 1 aliphatic rings. The lowest BCUT2D eigenvalue weighted by Crippen LogP contribution is -2.20. The van der Waals surface area contributed by atoms with Gasteiger partial charge in [-0.05, 0) is 31.8 Å². The van der Waals surface area contributed by atoms with Crippen molar-refractivity contribution in [2.45, 2.75) is 20.3 Å². The molecular formula is C11H19N3. The summed E-state index contributed by atoms with van der Waals surface area (Å²) in [5, 5.41) is 3.17. The molecule has 0 fully saturated rings. The van der Waals surface area contributed by atoms with Crippen molar-refractivity contribution >= 4 is 0 Å². The van der Waals surface area contributed by atoms with Crippen molar-refractivity contribution in [1.82, 2.24) is 5.32 Å². The molecular weight excluding hydrogens is 174 g/mol. The lowest BCUT2D eigenvalue weighted by Gasteiger charge is -2.17. The van der Waals surface area contributed by atoms with Crippen molar-refractivity contribution < 1.29 is 0 Å². The van der Waals surface area contributed by atoms with Crippen molar-refractivity contribution in [2.24, 2.45) is 17.4 Å². The van der Waals surface area contributed by atoms with Crippen molar-refractivity contribution in [2.75, 3.05) is 6.54 Å². The van der Waals surface area contributed by atoms with Gasteiger partial charge in [0.2, 0.25) is 0 Å². The van der Waals surface area contributed by atoms with Gasteiger partial charge in [0.15, 0.2) is 0 Å². The Kier molecular flexibility index (Phi) is 3.63. The van der Waals surface area contributed by atoms with Gasteiger partial charge in [0, 0.05) is 24.1 Å². The largest absolute Gasteiger partial charge is 0.401 e. The minimum Gasteiger partial charge on any atom is -0.401 e. The molecule has 0 amide bonds. The third kappa shape index (κ3) is 3.17. The van der Waals surface area contributed by atoms with Gasteiger partial charge in [-0.1, -0.05) is 12.2 Å². The first-order chi connectivity index (χ1) is 6.59. The van der Waals surface area contributed by atoms with E-state index < -0.39 is 0 Å². The monoisotopic (exact) mass is 193 g/mol. The number of allylic oxidation sites excluding steroid dienone is 3. The molecule has 0 aromatic heterocycles. The van der Waals surface area contributed by atoms with E-state index in [1.54, 1.807) is 0 Å². The summed E-state index contributed by atoms with van der Waals surface area (Å²) in [6.45, 7) is 4.79. The van der Waals surface area contributed by atoms with Crippen LogP contribution in [0.4, 0.5) is 0 Å². The first-order valence-corrected chi connectivity index (χ1v) is 4.89. The first kappa shape index (κ1) is 10.7. The van der Waals surface area contributed by atoms with Crippen LogP contribution in [0.15, 0.2) is 35.3 Å². The van der Waals surface area contributed by atoms with Crippen LogP contribution in [0.3, 0.4) is 0 Å². The molecule has 14 heavy (non-hydrogen) atoms. The molecule has 0 heterocycles. The summed E-state index contributed by atoms with van der Waals surface area (Å²) in [4.78, 5) is 0. The summed E-state index contributed by atoms with van der Waals surface area (Å²) in [6.07, 6.45) is 7.18. The molecule has 0 saturated carbocycles. The molecule has 1 aliphatic carbocycles. The predicted octanol–water partition coefficient (Wildman–Crippen LogP) is 1.20. The van der Waals surface area contributed by atoms with E-state index in [4.69, 9.17) is 11.5 Å². The summed E-state index contributed by atoms with van der Waals surface area (Å²) in [7, 11) is 0. The van der Waals surface area contributed by atoms with Gasteiger partial charge in [-0.15, -0.1) is 0 Å². The van der Waals surface area contributed by atoms with Crippen LogP contribution in [0, 0.1) is 5.92 Å². The van der Waals surface area contributed by atoms with Crippen LogP contribution in [0.25, 0.3) is 0 Å².